The summed E-state index contributed by atoms with van der Waals surface area (Å²) in [4.78, 5) is 13.2. The summed E-state index contributed by atoms with van der Waals surface area (Å²) in [5.41, 5.74) is 0. The Morgan fingerprint density at radius 1 is 1.57 bits per heavy atom. The van der Waals surface area contributed by atoms with Crippen molar-refractivity contribution in [3.8, 4) is 6.07 Å². The van der Waals surface area contributed by atoms with Crippen molar-refractivity contribution in [3.05, 3.63) is 0 Å². The Hall–Kier alpha value is -1.08. The molecule has 1 unspecified atom stereocenters. The van der Waals surface area contributed by atoms with Gasteiger partial charge in [-0.25, -0.2) is 0 Å². The highest BCUT2D eigenvalue weighted by Gasteiger charge is 2.11. The molecular weight excluding hydrogens is 178 g/mol. The molecule has 1 amide bonds. The maximum atomic E-state index is 11.2. The second kappa shape index (κ2) is 7.34. The van der Waals surface area contributed by atoms with E-state index in [2.05, 4.69) is 11.4 Å². The SMILES string of the molecule is CCNC(=O)CN(CC)CC(C)C#N. The molecule has 0 bridgehead atoms. The van der Waals surface area contributed by atoms with Gasteiger partial charge in [-0.05, 0) is 20.4 Å². The number of hydrogen-bond donors (Lipinski definition) is 1. The van der Waals surface area contributed by atoms with Crippen molar-refractivity contribution < 1.29 is 4.79 Å². The number of nitrogens with one attached hydrogen (secondary N) is 1. The van der Waals surface area contributed by atoms with Gasteiger partial charge in [0.05, 0.1) is 18.5 Å². The molecule has 0 saturated heterocycles. The first-order valence-electron chi connectivity index (χ1n) is 5.02. The summed E-state index contributed by atoms with van der Waals surface area (Å²) in [6, 6.07) is 2.16. The zero-order valence-corrected chi connectivity index (χ0v) is 9.21. The van der Waals surface area contributed by atoms with E-state index in [1.165, 1.54) is 0 Å². The Labute approximate surface area is 85.9 Å². The largest absolute Gasteiger partial charge is 0.355 e. The van der Waals surface area contributed by atoms with Crippen LogP contribution >= 0.6 is 0 Å². The van der Waals surface area contributed by atoms with Gasteiger partial charge in [-0.3, -0.25) is 9.69 Å². The lowest BCUT2D eigenvalue weighted by Gasteiger charge is -2.20. The number of carbonyl (C=O) groups is 1. The first-order valence-corrected chi connectivity index (χ1v) is 5.02. The van der Waals surface area contributed by atoms with Crippen LogP contribution in [0.3, 0.4) is 0 Å². The normalized spacial score (nSPS) is 12.2. The third kappa shape index (κ3) is 5.55. The van der Waals surface area contributed by atoms with E-state index in [9.17, 15) is 4.79 Å². The van der Waals surface area contributed by atoms with Crippen molar-refractivity contribution in [2.75, 3.05) is 26.2 Å². The van der Waals surface area contributed by atoms with Crippen LogP contribution in [0.15, 0.2) is 0 Å². The highest BCUT2D eigenvalue weighted by Crippen LogP contribution is 1.97. The van der Waals surface area contributed by atoms with Crippen LogP contribution in [0.5, 0.6) is 0 Å². The van der Waals surface area contributed by atoms with E-state index in [1.807, 2.05) is 25.7 Å². The summed E-state index contributed by atoms with van der Waals surface area (Å²) < 4.78 is 0. The monoisotopic (exact) mass is 197 g/mol. The lowest BCUT2D eigenvalue weighted by molar-refractivity contribution is -0.122. The van der Waals surface area contributed by atoms with E-state index in [1.54, 1.807) is 0 Å². The van der Waals surface area contributed by atoms with Gasteiger partial charge in [0.2, 0.25) is 5.91 Å². The molecule has 0 aromatic rings. The standard InChI is InChI=1S/C10H19N3O/c1-4-12-10(14)8-13(5-2)7-9(3)6-11/h9H,4-5,7-8H2,1-3H3,(H,12,14). The summed E-state index contributed by atoms with van der Waals surface area (Å²) in [7, 11) is 0. The molecule has 0 aromatic heterocycles. The molecule has 1 N–H and O–H groups in total. The number of nitriles is 1. The van der Waals surface area contributed by atoms with E-state index < -0.39 is 0 Å². The first-order chi connectivity index (χ1) is 6.63. The molecule has 0 rings (SSSR count). The molecular formula is C10H19N3O. The van der Waals surface area contributed by atoms with Gasteiger partial charge in [-0.2, -0.15) is 5.26 Å². The van der Waals surface area contributed by atoms with Crippen molar-refractivity contribution in [1.82, 2.24) is 10.2 Å². The van der Waals surface area contributed by atoms with Gasteiger partial charge in [0, 0.05) is 13.1 Å². The molecule has 0 aliphatic rings. The molecule has 4 nitrogen and oxygen atoms in total. The minimum absolute atomic E-state index is 0.0237. The molecule has 0 heterocycles. The maximum absolute atomic E-state index is 11.2. The molecule has 0 radical (unpaired) electrons. The lowest BCUT2D eigenvalue weighted by atomic mass is 10.2. The van der Waals surface area contributed by atoms with Crippen LogP contribution in [-0.2, 0) is 4.79 Å². The summed E-state index contributed by atoms with van der Waals surface area (Å²) in [5.74, 6) is 0.00358. The Morgan fingerprint density at radius 2 is 2.21 bits per heavy atom. The number of nitrogens with zero attached hydrogens (tertiary/aromatic N) is 2. The maximum Gasteiger partial charge on any atom is 0.234 e. The van der Waals surface area contributed by atoms with Crippen LogP contribution in [0.4, 0.5) is 0 Å². The van der Waals surface area contributed by atoms with E-state index >= 15 is 0 Å². The minimum Gasteiger partial charge on any atom is -0.355 e. The molecule has 80 valence electrons. The summed E-state index contributed by atoms with van der Waals surface area (Å²) in [6.07, 6.45) is 0. The molecule has 1 atom stereocenters. The van der Waals surface area contributed by atoms with Crippen molar-refractivity contribution in [2.45, 2.75) is 20.8 Å². The molecule has 0 aliphatic heterocycles. The molecule has 0 saturated carbocycles. The van der Waals surface area contributed by atoms with Crippen LogP contribution in [0.1, 0.15) is 20.8 Å². The fourth-order valence-electron chi connectivity index (χ4n) is 1.19. The number of rotatable bonds is 6. The van der Waals surface area contributed by atoms with Gasteiger partial charge < -0.3 is 5.32 Å². The van der Waals surface area contributed by atoms with E-state index in [0.29, 0.717) is 19.6 Å². The molecule has 0 spiro atoms. The predicted octanol–water partition coefficient (Wildman–Crippen LogP) is 0.604. The molecule has 4 heteroatoms. The predicted molar refractivity (Wildman–Crippen MR) is 55.6 cm³/mol. The highest BCUT2D eigenvalue weighted by molar-refractivity contribution is 5.77. The van der Waals surface area contributed by atoms with Crippen LogP contribution < -0.4 is 5.32 Å². The van der Waals surface area contributed by atoms with Crippen LogP contribution in [0.25, 0.3) is 0 Å². The van der Waals surface area contributed by atoms with Gasteiger partial charge in [0.1, 0.15) is 0 Å². The zero-order valence-electron chi connectivity index (χ0n) is 9.21. The van der Waals surface area contributed by atoms with Crippen molar-refractivity contribution in [2.24, 2.45) is 5.92 Å². The van der Waals surface area contributed by atoms with E-state index in [4.69, 9.17) is 5.26 Å². The second-order valence-corrected chi connectivity index (χ2v) is 3.31. The van der Waals surface area contributed by atoms with Crippen molar-refractivity contribution >= 4 is 5.91 Å². The van der Waals surface area contributed by atoms with Gasteiger partial charge in [-0.1, -0.05) is 6.92 Å². The number of hydrogen-bond acceptors (Lipinski definition) is 3. The third-order valence-electron chi connectivity index (χ3n) is 1.94. The van der Waals surface area contributed by atoms with Gasteiger partial charge in [0.25, 0.3) is 0 Å². The van der Waals surface area contributed by atoms with Crippen LogP contribution in [0.2, 0.25) is 0 Å². The molecule has 0 aliphatic carbocycles. The quantitative estimate of drug-likeness (QED) is 0.678. The summed E-state index contributed by atoms with van der Waals surface area (Å²) in [6.45, 7) is 8.24. The average molecular weight is 197 g/mol. The molecule has 0 fully saturated rings. The first kappa shape index (κ1) is 12.9. The Kier molecular flexibility index (Phi) is 6.77. The fourth-order valence-corrected chi connectivity index (χ4v) is 1.19. The van der Waals surface area contributed by atoms with E-state index in [0.717, 1.165) is 6.54 Å². The second-order valence-electron chi connectivity index (χ2n) is 3.31. The lowest BCUT2D eigenvalue weighted by Crippen LogP contribution is -2.38. The van der Waals surface area contributed by atoms with Crippen molar-refractivity contribution in [3.63, 3.8) is 0 Å². The Morgan fingerprint density at radius 3 is 2.64 bits per heavy atom. The fraction of sp³-hybridized carbons (Fsp3) is 0.800. The van der Waals surface area contributed by atoms with Gasteiger partial charge >= 0.3 is 0 Å². The summed E-state index contributed by atoms with van der Waals surface area (Å²) >= 11 is 0. The van der Waals surface area contributed by atoms with Gasteiger partial charge in [-0.15, -0.1) is 0 Å². The van der Waals surface area contributed by atoms with Gasteiger partial charge in [0.15, 0.2) is 0 Å². The Bertz CT molecular complexity index is 210. The Balaban J connectivity index is 3.91. The topological polar surface area (TPSA) is 56.1 Å². The highest BCUT2D eigenvalue weighted by atomic mass is 16.2. The number of likely N-dealkylation sites (N-methyl/N-ethyl adjacent to an activating group) is 2. The summed E-state index contributed by atoms with van der Waals surface area (Å²) in [5, 5.41) is 11.4. The molecule has 14 heavy (non-hydrogen) atoms. The smallest absolute Gasteiger partial charge is 0.234 e. The van der Waals surface area contributed by atoms with E-state index in [-0.39, 0.29) is 11.8 Å². The average Bonchev–Trinajstić information content (AvgIpc) is 2.16. The van der Waals surface area contributed by atoms with Crippen LogP contribution in [-0.4, -0.2) is 37.0 Å². The number of carbonyl (C=O) groups excluding carboxylic acids is 1. The molecule has 0 aromatic carbocycles. The number of amides is 1. The zero-order chi connectivity index (χ0) is 11.0. The third-order valence-corrected chi connectivity index (χ3v) is 1.94. The van der Waals surface area contributed by atoms with Crippen LogP contribution in [0, 0.1) is 17.2 Å². The minimum atomic E-state index is -0.0237. The van der Waals surface area contributed by atoms with Crippen molar-refractivity contribution in [1.29, 1.82) is 5.26 Å².